The molecule has 0 saturated carbocycles. The Morgan fingerprint density at radius 1 is 1.37 bits per heavy atom. The molecule has 1 atom stereocenters. The number of hydrogen-bond donors (Lipinski definition) is 2. The molecule has 0 bridgehead atoms. The van der Waals surface area contributed by atoms with E-state index in [1.807, 2.05) is 0 Å². The monoisotopic (exact) mass is 277 g/mol. The number of halogens is 3. The standard InChI is InChI=1S/C11H10F3NO4/c12-11(13,14)6-3-9-8(18-4-19-9)2-5(6)1-7(15)10(16)17/h2-3,7H,1,4,15H2,(H,16,17). The van der Waals surface area contributed by atoms with Gasteiger partial charge in [-0.15, -0.1) is 0 Å². The summed E-state index contributed by atoms with van der Waals surface area (Å²) in [5.74, 6) is -1.23. The molecule has 0 amide bonds. The molecule has 8 heteroatoms. The summed E-state index contributed by atoms with van der Waals surface area (Å²) in [6, 6.07) is 0.502. The Labute approximate surface area is 105 Å². The van der Waals surface area contributed by atoms with E-state index in [2.05, 4.69) is 0 Å². The number of aliphatic carboxylic acids is 1. The predicted octanol–water partition coefficient (Wildman–Crippen LogP) is 1.39. The minimum atomic E-state index is -4.62. The van der Waals surface area contributed by atoms with E-state index in [9.17, 15) is 18.0 Å². The molecule has 1 heterocycles. The second kappa shape index (κ2) is 4.61. The van der Waals surface area contributed by atoms with Crippen LogP contribution in [0.15, 0.2) is 12.1 Å². The Bertz CT molecular complexity index is 515. The number of carbonyl (C=O) groups is 1. The molecule has 1 aromatic carbocycles. The Balaban J connectivity index is 2.43. The maximum Gasteiger partial charge on any atom is 0.416 e. The molecule has 104 valence electrons. The maximum atomic E-state index is 12.9. The van der Waals surface area contributed by atoms with Crippen LogP contribution in [-0.4, -0.2) is 23.9 Å². The molecule has 0 fully saturated rings. The normalized spacial score (nSPS) is 15.4. The van der Waals surface area contributed by atoms with Crippen molar-refractivity contribution in [1.82, 2.24) is 0 Å². The number of benzene rings is 1. The van der Waals surface area contributed by atoms with E-state index in [1.54, 1.807) is 0 Å². The smallest absolute Gasteiger partial charge is 0.416 e. The highest BCUT2D eigenvalue weighted by Crippen LogP contribution is 2.41. The molecule has 3 N–H and O–H groups in total. The molecular formula is C11H10F3NO4. The molecular weight excluding hydrogens is 267 g/mol. The molecule has 1 unspecified atom stereocenters. The van der Waals surface area contributed by atoms with Crippen LogP contribution in [0.3, 0.4) is 0 Å². The third-order valence-electron chi connectivity index (χ3n) is 2.66. The highest BCUT2D eigenvalue weighted by Gasteiger charge is 2.36. The minimum absolute atomic E-state index is 0.0139. The van der Waals surface area contributed by atoms with Crippen molar-refractivity contribution in [3.8, 4) is 11.5 Å². The molecule has 0 aromatic heterocycles. The number of ether oxygens (including phenoxy) is 2. The van der Waals surface area contributed by atoms with E-state index < -0.39 is 30.2 Å². The van der Waals surface area contributed by atoms with Gasteiger partial charge in [-0.25, -0.2) is 0 Å². The summed E-state index contributed by atoms with van der Waals surface area (Å²) in [4.78, 5) is 10.6. The fourth-order valence-electron chi connectivity index (χ4n) is 1.74. The molecule has 1 aromatic rings. The van der Waals surface area contributed by atoms with E-state index in [1.165, 1.54) is 0 Å². The average Bonchev–Trinajstić information content (AvgIpc) is 2.73. The molecule has 2 rings (SSSR count). The molecule has 0 saturated heterocycles. The molecule has 5 nitrogen and oxygen atoms in total. The quantitative estimate of drug-likeness (QED) is 0.872. The Hall–Kier alpha value is -1.96. The van der Waals surface area contributed by atoms with E-state index in [4.69, 9.17) is 20.3 Å². The summed E-state index contributed by atoms with van der Waals surface area (Å²) in [5, 5.41) is 8.67. The number of carboxylic acids is 1. The van der Waals surface area contributed by atoms with Crippen LogP contribution in [0.1, 0.15) is 11.1 Å². The van der Waals surface area contributed by atoms with E-state index in [0.717, 1.165) is 12.1 Å². The van der Waals surface area contributed by atoms with Crippen LogP contribution >= 0.6 is 0 Å². The van der Waals surface area contributed by atoms with Crippen molar-refractivity contribution in [3.05, 3.63) is 23.3 Å². The van der Waals surface area contributed by atoms with E-state index in [-0.39, 0.29) is 23.9 Å². The van der Waals surface area contributed by atoms with Gasteiger partial charge in [0.1, 0.15) is 6.04 Å². The Kier molecular flexibility index (Phi) is 3.27. The van der Waals surface area contributed by atoms with Gasteiger partial charge >= 0.3 is 12.1 Å². The number of fused-ring (bicyclic) bond motifs is 1. The van der Waals surface area contributed by atoms with Gasteiger partial charge in [-0.2, -0.15) is 13.2 Å². The third-order valence-corrected chi connectivity index (χ3v) is 2.66. The summed E-state index contributed by atoms with van der Waals surface area (Å²) in [5.41, 5.74) is 4.07. The number of carboxylic acid groups (broad SMARTS) is 1. The topological polar surface area (TPSA) is 81.8 Å². The summed E-state index contributed by atoms with van der Waals surface area (Å²) in [6.07, 6.45) is -5.06. The largest absolute Gasteiger partial charge is 0.480 e. The van der Waals surface area contributed by atoms with Gasteiger partial charge in [0, 0.05) is 0 Å². The lowest BCUT2D eigenvalue weighted by Gasteiger charge is -2.15. The maximum absolute atomic E-state index is 12.9. The fraction of sp³-hybridized carbons (Fsp3) is 0.364. The lowest BCUT2D eigenvalue weighted by molar-refractivity contribution is -0.140. The first-order chi connectivity index (χ1) is 8.79. The van der Waals surface area contributed by atoms with Gasteiger partial charge in [-0.1, -0.05) is 0 Å². The van der Waals surface area contributed by atoms with Gasteiger partial charge < -0.3 is 20.3 Å². The van der Waals surface area contributed by atoms with Crippen LogP contribution in [-0.2, 0) is 17.4 Å². The molecule has 0 spiro atoms. The van der Waals surface area contributed by atoms with Crippen molar-refractivity contribution in [2.75, 3.05) is 6.79 Å². The summed E-state index contributed by atoms with van der Waals surface area (Å²) in [7, 11) is 0. The molecule has 0 radical (unpaired) electrons. The molecule has 19 heavy (non-hydrogen) atoms. The van der Waals surface area contributed by atoms with Crippen molar-refractivity contribution in [3.63, 3.8) is 0 Å². The first kappa shape index (κ1) is 13.5. The van der Waals surface area contributed by atoms with Crippen LogP contribution in [0.25, 0.3) is 0 Å². The molecule has 1 aliphatic heterocycles. The van der Waals surface area contributed by atoms with Crippen LogP contribution in [0.2, 0.25) is 0 Å². The van der Waals surface area contributed by atoms with Gasteiger partial charge in [-0.3, -0.25) is 4.79 Å². The summed E-state index contributed by atoms with van der Waals surface area (Å²) >= 11 is 0. The van der Waals surface area contributed by atoms with Gasteiger partial charge in [0.25, 0.3) is 0 Å². The Morgan fingerprint density at radius 2 is 1.95 bits per heavy atom. The first-order valence-corrected chi connectivity index (χ1v) is 5.27. The van der Waals surface area contributed by atoms with Crippen LogP contribution < -0.4 is 15.2 Å². The van der Waals surface area contributed by atoms with Crippen molar-refractivity contribution in [1.29, 1.82) is 0 Å². The first-order valence-electron chi connectivity index (χ1n) is 5.27. The zero-order valence-corrected chi connectivity index (χ0v) is 9.53. The van der Waals surface area contributed by atoms with Crippen molar-refractivity contribution >= 4 is 5.97 Å². The zero-order valence-electron chi connectivity index (χ0n) is 9.53. The highest BCUT2D eigenvalue weighted by molar-refractivity contribution is 5.73. The zero-order chi connectivity index (χ0) is 14.2. The summed E-state index contributed by atoms with van der Waals surface area (Å²) < 4.78 is 48.5. The minimum Gasteiger partial charge on any atom is -0.480 e. The number of hydrogen-bond acceptors (Lipinski definition) is 4. The van der Waals surface area contributed by atoms with Crippen LogP contribution in [0, 0.1) is 0 Å². The van der Waals surface area contributed by atoms with Gasteiger partial charge in [-0.05, 0) is 24.1 Å². The summed E-state index contributed by atoms with van der Waals surface area (Å²) in [6.45, 7) is -0.166. The van der Waals surface area contributed by atoms with Gasteiger partial charge in [0.2, 0.25) is 6.79 Å². The number of rotatable bonds is 3. The van der Waals surface area contributed by atoms with Crippen LogP contribution in [0.5, 0.6) is 11.5 Å². The lowest BCUT2D eigenvalue weighted by Crippen LogP contribution is -2.33. The van der Waals surface area contributed by atoms with E-state index in [0.29, 0.717) is 0 Å². The van der Waals surface area contributed by atoms with Crippen LogP contribution in [0.4, 0.5) is 13.2 Å². The third kappa shape index (κ3) is 2.73. The van der Waals surface area contributed by atoms with Gasteiger partial charge in [0.15, 0.2) is 11.5 Å². The molecule has 0 aliphatic carbocycles. The lowest BCUT2D eigenvalue weighted by atomic mass is 9.99. The second-order valence-electron chi connectivity index (χ2n) is 4.01. The van der Waals surface area contributed by atoms with Crippen molar-refractivity contribution in [2.45, 2.75) is 18.6 Å². The van der Waals surface area contributed by atoms with Crippen molar-refractivity contribution < 1.29 is 32.5 Å². The average molecular weight is 277 g/mol. The fourth-order valence-corrected chi connectivity index (χ4v) is 1.74. The predicted molar refractivity (Wildman–Crippen MR) is 56.9 cm³/mol. The SMILES string of the molecule is NC(Cc1cc2c(cc1C(F)(F)F)OCO2)C(=O)O. The van der Waals surface area contributed by atoms with Crippen molar-refractivity contribution in [2.24, 2.45) is 5.73 Å². The van der Waals surface area contributed by atoms with E-state index >= 15 is 0 Å². The highest BCUT2D eigenvalue weighted by atomic mass is 19.4. The van der Waals surface area contributed by atoms with Gasteiger partial charge in [0.05, 0.1) is 5.56 Å². The number of alkyl halides is 3. The number of nitrogens with two attached hydrogens (primary N) is 1. The molecule has 1 aliphatic rings. The Morgan fingerprint density at radius 3 is 2.47 bits per heavy atom. The second-order valence-corrected chi connectivity index (χ2v) is 4.01.